The lowest BCUT2D eigenvalue weighted by Crippen LogP contribution is -1.94. The van der Waals surface area contributed by atoms with Crippen LogP contribution in [0.25, 0.3) is 0 Å². The smallest absolute Gasteiger partial charge is 0.0219 e. The van der Waals surface area contributed by atoms with Crippen molar-refractivity contribution >= 4 is 0 Å². The van der Waals surface area contributed by atoms with Crippen LogP contribution in [0.3, 0.4) is 0 Å². The van der Waals surface area contributed by atoms with Crippen molar-refractivity contribution in [2.45, 2.75) is 61.3 Å². The Labute approximate surface area is 103 Å². The van der Waals surface area contributed by atoms with Crippen LogP contribution in [-0.4, -0.2) is 0 Å². The first-order valence-electron chi connectivity index (χ1n) is 6.18. The van der Waals surface area contributed by atoms with Gasteiger partial charge in [-0.05, 0) is 29.4 Å². The van der Waals surface area contributed by atoms with E-state index in [2.05, 4.69) is 52.0 Å². The molecule has 94 valence electrons. The molecule has 0 aliphatic rings. The maximum Gasteiger partial charge on any atom is -0.0219 e. The molecule has 0 atom stereocenters. The second-order valence-electron chi connectivity index (χ2n) is 4.49. The van der Waals surface area contributed by atoms with Crippen molar-refractivity contribution in [2.24, 2.45) is 5.92 Å². The molecule has 0 nitrogen and oxygen atoms in total. The van der Waals surface area contributed by atoms with Gasteiger partial charge in [0.1, 0.15) is 0 Å². The number of benzene rings is 1. The minimum absolute atomic E-state index is 0. The second kappa shape index (κ2) is 9.45. The topological polar surface area (TPSA) is 0 Å². The van der Waals surface area contributed by atoms with Crippen LogP contribution in [0.4, 0.5) is 0 Å². The van der Waals surface area contributed by atoms with Crippen molar-refractivity contribution in [3.05, 3.63) is 35.4 Å². The third-order valence-electron chi connectivity index (χ3n) is 2.29. The zero-order valence-electron chi connectivity index (χ0n) is 11.2. The number of hydrogen-bond acceptors (Lipinski definition) is 0. The van der Waals surface area contributed by atoms with Crippen LogP contribution in [0.2, 0.25) is 0 Å². The van der Waals surface area contributed by atoms with Crippen LogP contribution >= 0.6 is 0 Å². The maximum atomic E-state index is 2.26. The first-order chi connectivity index (χ1) is 7.09. The molecule has 0 heterocycles. The van der Waals surface area contributed by atoms with E-state index < -0.39 is 0 Å². The van der Waals surface area contributed by atoms with E-state index in [9.17, 15) is 0 Å². The Kier molecular flexibility index (Phi) is 10.4. The number of rotatable bonds is 3. The van der Waals surface area contributed by atoms with Gasteiger partial charge in [0.15, 0.2) is 0 Å². The SMILES string of the molecule is C.CC.CC(C)Cc1ccc(C(C)C)cc1. The van der Waals surface area contributed by atoms with Gasteiger partial charge in [0, 0.05) is 0 Å². The molecule has 0 unspecified atom stereocenters. The zero-order chi connectivity index (χ0) is 11.8. The van der Waals surface area contributed by atoms with Crippen LogP contribution in [0.15, 0.2) is 24.3 Å². The molecular formula is C16H30. The first kappa shape index (κ1) is 17.6. The van der Waals surface area contributed by atoms with E-state index in [0.717, 1.165) is 5.92 Å². The van der Waals surface area contributed by atoms with Gasteiger partial charge in [-0.2, -0.15) is 0 Å². The van der Waals surface area contributed by atoms with Crippen molar-refractivity contribution < 1.29 is 0 Å². The Morgan fingerprint density at radius 1 is 0.875 bits per heavy atom. The molecule has 16 heavy (non-hydrogen) atoms. The molecule has 0 saturated carbocycles. The quantitative estimate of drug-likeness (QED) is 0.618. The van der Waals surface area contributed by atoms with Gasteiger partial charge < -0.3 is 0 Å². The molecule has 0 heteroatoms. The Hall–Kier alpha value is -0.780. The summed E-state index contributed by atoms with van der Waals surface area (Å²) in [7, 11) is 0. The molecule has 0 fully saturated rings. The molecule has 1 rings (SSSR count). The van der Waals surface area contributed by atoms with Crippen molar-refractivity contribution in [1.82, 2.24) is 0 Å². The molecule has 0 aliphatic carbocycles. The monoisotopic (exact) mass is 222 g/mol. The molecule has 0 amide bonds. The van der Waals surface area contributed by atoms with Crippen LogP contribution in [0.5, 0.6) is 0 Å². The summed E-state index contributed by atoms with van der Waals surface area (Å²) in [4.78, 5) is 0. The van der Waals surface area contributed by atoms with E-state index in [4.69, 9.17) is 0 Å². The van der Waals surface area contributed by atoms with Crippen LogP contribution < -0.4 is 0 Å². The fraction of sp³-hybridized carbons (Fsp3) is 0.625. The first-order valence-corrected chi connectivity index (χ1v) is 6.18. The molecule has 0 bridgehead atoms. The van der Waals surface area contributed by atoms with E-state index in [1.165, 1.54) is 17.5 Å². The van der Waals surface area contributed by atoms with E-state index in [1.54, 1.807) is 0 Å². The fourth-order valence-corrected chi connectivity index (χ4v) is 1.51. The molecule has 1 aromatic carbocycles. The molecule has 0 spiro atoms. The minimum Gasteiger partial charge on any atom is -0.0776 e. The molecule has 0 aromatic heterocycles. The zero-order valence-corrected chi connectivity index (χ0v) is 11.2. The summed E-state index contributed by atoms with van der Waals surface area (Å²) in [5, 5.41) is 0. The summed E-state index contributed by atoms with van der Waals surface area (Å²) < 4.78 is 0. The average Bonchev–Trinajstić information content (AvgIpc) is 2.20. The van der Waals surface area contributed by atoms with Crippen molar-refractivity contribution in [3.8, 4) is 0 Å². The normalized spacial score (nSPS) is 9.50. The Morgan fingerprint density at radius 2 is 1.31 bits per heavy atom. The predicted octanol–water partition coefficient (Wildman–Crippen LogP) is 5.67. The van der Waals surface area contributed by atoms with Crippen molar-refractivity contribution in [1.29, 1.82) is 0 Å². The summed E-state index contributed by atoms with van der Waals surface area (Å²) >= 11 is 0. The molecular weight excluding hydrogens is 192 g/mol. The molecule has 0 aliphatic heterocycles. The van der Waals surface area contributed by atoms with E-state index >= 15 is 0 Å². The summed E-state index contributed by atoms with van der Waals surface area (Å²) in [6.07, 6.45) is 1.19. The Morgan fingerprint density at radius 3 is 1.62 bits per heavy atom. The average molecular weight is 222 g/mol. The van der Waals surface area contributed by atoms with Gasteiger partial charge in [-0.1, -0.05) is 73.2 Å². The van der Waals surface area contributed by atoms with Crippen molar-refractivity contribution in [2.75, 3.05) is 0 Å². The van der Waals surface area contributed by atoms with Crippen LogP contribution in [0.1, 0.15) is 66.0 Å². The lowest BCUT2D eigenvalue weighted by atomic mass is 9.98. The minimum atomic E-state index is 0. The lowest BCUT2D eigenvalue weighted by molar-refractivity contribution is 0.647. The summed E-state index contributed by atoms with van der Waals surface area (Å²) in [5.74, 6) is 1.40. The highest BCUT2D eigenvalue weighted by molar-refractivity contribution is 5.24. The molecule has 0 radical (unpaired) electrons. The summed E-state index contributed by atoms with van der Waals surface area (Å²) in [6, 6.07) is 9.02. The molecule has 1 aromatic rings. The predicted molar refractivity (Wildman–Crippen MR) is 77.2 cm³/mol. The van der Waals surface area contributed by atoms with Gasteiger partial charge in [0.2, 0.25) is 0 Å². The van der Waals surface area contributed by atoms with Gasteiger partial charge in [0.05, 0.1) is 0 Å². The van der Waals surface area contributed by atoms with Gasteiger partial charge in [-0.25, -0.2) is 0 Å². The lowest BCUT2D eigenvalue weighted by Gasteiger charge is -2.08. The van der Waals surface area contributed by atoms with Gasteiger partial charge in [-0.15, -0.1) is 0 Å². The number of hydrogen-bond donors (Lipinski definition) is 0. The van der Waals surface area contributed by atoms with Crippen molar-refractivity contribution in [3.63, 3.8) is 0 Å². The highest BCUT2D eigenvalue weighted by Crippen LogP contribution is 2.16. The van der Waals surface area contributed by atoms with Gasteiger partial charge >= 0.3 is 0 Å². The van der Waals surface area contributed by atoms with Gasteiger partial charge in [-0.3, -0.25) is 0 Å². The van der Waals surface area contributed by atoms with E-state index in [-0.39, 0.29) is 7.43 Å². The van der Waals surface area contributed by atoms with Crippen LogP contribution in [0, 0.1) is 5.92 Å². The highest BCUT2D eigenvalue weighted by atomic mass is 14.1. The maximum absolute atomic E-state index is 2.26. The second-order valence-corrected chi connectivity index (χ2v) is 4.49. The van der Waals surface area contributed by atoms with E-state index in [0.29, 0.717) is 5.92 Å². The van der Waals surface area contributed by atoms with E-state index in [1.807, 2.05) is 13.8 Å². The highest BCUT2D eigenvalue weighted by Gasteiger charge is 2.00. The third-order valence-corrected chi connectivity index (χ3v) is 2.29. The summed E-state index contributed by atoms with van der Waals surface area (Å²) in [6.45, 7) is 13.0. The Bertz CT molecular complexity index is 241. The largest absolute Gasteiger partial charge is 0.0776 e. The summed E-state index contributed by atoms with van der Waals surface area (Å²) in [5.41, 5.74) is 2.90. The van der Waals surface area contributed by atoms with Gasteiger partial charge in [0.25, 0.3) is 0 Å². The standard InChI is InChI=1S/C13H20.C2H6.CH4/c1-10(2)9-12-5-7-13(8-6-12)11(3)4;1-2;/h5-8,10-11H,9H2,1-4H3;1-2H3;1H4. The van der Waals surface area contributed by atoms with Crippen LogP contribution in [-0.2, 0) is 6.42 Å². The third kappa shape index (κ3) is 6.66. The fourth-order valence-electron chi connectivity index (χ4n) is 1.51. The molecule has 0 saturated heterocycles. The molecule has 0 N–H and O–H groups in total. The Balaban J connectivity index is 0.